The summed E-state index contributed by atoms with van der Waals surface area (Å²) in [5.74, 6) is 0.537. The summed E-state index contributed by atoms with van der Waals surface area (Å²) in [6.07, 6.45) is 6.44. The number of piperazine rings is 1. The van der Waals surface area contributed by atoms with E-state index in [-0.39, 0.29) is 5.54 Å². The molecule has 1 aromatic carbocycles. The molecule has 1 N–H and O–H groups in total. The highest BCUT2D eigenvalue weighted by Crippen LogP contribution is 2.43. The van der Waals surface area contributed by atoms with Crippen molar-refractivity contribution in [2.24, 2.45) is 5.92 Å². The maximum Gasteiger partial charge on any atom is 0.103 e. The van der Waals surface area contributed by atoms with Crippen molar-refractivity contribution in [3.05, 3.63) is 35.7 Å². The number of halogens is 1. The van der Waals surface area contributed by atoms with E-state index in [4.69, 9.17) is 21.1 Å². The quantitative estimate of drug-likeness (QED) is 0.572. The minimum Gasteiger partial charge on any atom is -0.389 e. The predicted molar refractivity (Wildman–Crippen MR) is 130 cm³/mol. The highest BCUT2D eigenvalue weighted by Gasteiger charge is 2.44. The topological polar surface area (TPSA) is 80.8 Å². The molecular weight excluding hydrogens is 456 g/mol. The number of aromatic nitrogens is 4. The number of hydrogen-bond acceptors (Lipinski definition) is 7. The van der Waals surface area contributed by atoms with Gasteiger partial charge in [-0.15, -0.1) is 0 Å². The summed E-state index contributed by atoms with van der Waals surface area (Å²) in [6, 6.07) is 4.54. The predicted octanol–water partition coefficient (Wildman–Crippen LogP) is 2.35. The molecule has 0 amide bonds. The second kappa shape index (κ2) is 8.49. The van der Waals surface area contributed by atoms with Crippen LogP contribution in [-0.4, -0.2) is 94.3 Å². The fraction of sp³-hybridized carbons (Fsp3) is 0.583. The lowest BCUT2D eigenvalue weighted by atomic mass is 9.95. The number of benzene rings is 1. The van der Waals surface area contributed by atoms with Crippen LogP contribution in [0.15, 0.2) is 30.7 Å². The van der Waals surface area contributed by atoms with Crippen LogP contribution in [-0.2, 0) is 9.47 Å². The molecule has 3 fully saturated rings. The van der Waals surface area contributed by atoms with E-state index in [0.717, 1.165) is 66.5 Å². The molecule has 10 heteroatoms. The van der Waals surface area contributed by atoms with Gasteiger partial charge in [0.1, 0.15) is 5.69 Å². The molecule has 2 aromatic heterocycles. The third-order valence-electron chi connectivity index (χ3n) is 7.81. The largest absolute Gasteiger partial charge is 0.389 e. The zero-order valence-corrected chi connectivity index (χ0v) is 20.4. The van der Waals surface area contributed by atoms with Crippen molar-refractivity contribution in [1.82, 2.24) is 24.5 Å². The first-order valence-electron chi connectivity index (χ1n) is 11.9. The number of rotatable bonds is 6. The second-order valence-corrected chi connectivity index (χ2v) is 10.4. The Balaban J connectivity index is 1.23. The van der Waals surface area contributed by atoms with Crippen LogP contribution >= 0.6 is 11.6 Å². The third-order valence-corrected chi connectivity index (χ3v) is 8.11. The summed E-state index contributed by atoms with van der Waals surface area (Å²) < 4.78 is 14.8. The van der Waals surface area contributed by atoms with Gasteiger partial charge in [-0.25, -0.2) is 4.68 Å². The van der Waals surface area contributed by atoms with Crippen LogP contribution in [0.2, 0.25) is 5.02 Å². The SMILES string of the molecule is COC[C@@H]1C[C@H]1n1cc(-n2ncc3cc(Cl)c(N4CCN([C@]5(C)COC[C@@H]5O)CC4)cc32)cn1. The highest BCUT2D eigenvalue weighted by atomic mass is 35.5. The average molecular weight is 487 g/mol. The number of aliphatic hydroxyl groups is 1. The molecule has 4 heterocycles. The van der Waals surface area contributed by atoms with Gasteiger partial charge in [0.25, 0.3) is 0 Å². The fourth-order valence-corrected chi connectivity index (χ4v) is 5.76. The van der Waals surface area contributed by atoms with E-state index < -0.39 is 6.10 Å². The second-order valence-electron chi connectivity index (χ2n) is 9.98. The summed E-state index contributed by atoms with van der Waals surface area (Å²) in [5, 5.41) is 21.4. The fourth-order valence-electron chi connectivity index (χ4n) is 5.46. The van der Waals surface area contributed by atoms with E-state index in [1.807, 2.05) is 27.8 Å². The minimum atomic E-state index is -0.449. The van der Waals surface area contributed by atoms with Crippen LogP contribution in [0.25, 0.3) is 16.6 Å². The lowest BCUT2D eigenvalue weighted by Gasteiger charge is -2.45. The Morgan fingerprint density at radius 2 is 2.03 bits per heavy atom. The summed E-state index contributed by atoms with van der Waals surface area (Å²) in [4.78, 5) is 4.67. The zero-order valence-electron chi connectivity index (χ0n) is 19.6. The summed E-state index contributed by atoms with van der Waals surface area (Å²) in [7, 11) is 1.75. The Kier molecular flexibility index (Phi) is 5.57. The molecule has 182 valence electrons. The minimum absolute atomic E-state index is 0.317. The zero-order chi connectivity index (χ0) is 23.4. The molecular formula is C24H31ClN6O3. The van der Waals surface area contributed by atoms with Gasteiger partial charge in [-0.2, -0.15) is 10.2 Å². The number of ether oxygens (including phenoxy) is 2. The van der Waals surface area contributed by atoms with Gasteiger partial charge in [0, 0.05) is 44.6 Å². The van der Waals surface area contributed by atoms with E-state index in [1.165, 1.54) is 0 Å². The molecule has 4 atom stereocenters. The van der Waals surface area contributed by atoms with Gasteiger partial charge in [0.05, 0.1) is 72.3 Å². The molecule has 2 aliphatic heterocycles. The lowest BCUT2D eigenvalue weighted by Crippen LogP contribution is -2.60. The van der Waals surface area contributed by atoms with Gasteiger partial charge in [-0.3, -0.25) is 9.58 Å². The van der Waals surface area contributed by atoms with Crippen molar-refractivity contribution in [1.29, 1.82) is 0 Å². The molecule has 0 radical (unpaired) electrons. The Morgan fingerprint density at radius 1 is 1.21 bits per heavy atom. The van der Waals surface area contributed by atoms with Crippen molar-refractivity contribution in [2.45, 2.75) is 31.0 Å². The molecule has 0 unspecified atom stereocenters. The molecule has 9 nitrogen and oxygen atoms in total. The number of fused-ring (bicyclic) bond motifs is 1. The molecule has 2 saturated heterocycles. The standard InChI is InChI=1S/C24H31ClN6O3/c1-24(15-34-14-23(24)32)29-5-3-28(4-6-29)22-9-21-16(7-19(22)25)10-27-31(21)18-11-26-30(12-18)20-8-17(20)13-33-2/h7,9-12,17,20,23,32H,3-6,8,13-15H2,1-2H3/t17-,20+,23-,24+/m0/s1. The maximum absolute atomic E-state index is 10.4. The summed E-state index contributed by atoms with van der Waals surface area (Å²) in [6.45, 7) is 7.21. The molecule has 0 spiro atoms. The summed E-state index contributed by atoms with van der Waals surface area (Å²) >= 11 is 6.72. The number of nitrogens with zero attached hydrogens (tertiary/aromatic N) is 6. The van der Waals surface area contributed by atoms with E-state index in [2.05, 4.69) is 39.2 Å². The number of methoxy groups -OCH3 is 1. The Hall–Kier alpha value is -2.17. The van der Waals surface area contributed by atoms with Crippen LogP contribution in [0.4, 0.5) is 5.69 Å². The number of anilines is 1. The third kappa shape index (κ3) is 3.70. The lowest BCUT2D eigenvalue weighted by molar-refractivity contribution is 0.00884. The smallest absolute Gasteiger partial charge is 0.103 e. The van der Waals surface area contributed by atoms with Gasteiger partial charge in [-0.05, 0) is 25.5 Å². The van der Waals surface area contributed by atoms with Crippen LogP contribution in [0.3, 0.4) is 0 Å². The van der Waals surface area contributed by atoms with Gasteiger partial charge >= 0.3 is 0 Å². The first-order chi connectivity index (χ1) is 16.5. The molecule has 0 bridgehead atoms. The van der Waals surface area contributed by atoms with Crippen LogP contribution in [0.5, 0.6) is 0 Å². The molecule has 1 saturated carbocycles. The molecule has 1 aliphatic carbocycles. The van der Waals surface area contributed by atoms with Crippen molar-refractivity contribution in [2.75, 3.05) is 58.0 Å². The Bertz CT molecular complexity index is 1190. The number of aliphatic hydroxyl groups excluding tert-OH is 1. The maximum atomic E-state index is 10.4. The van der Waals surface area contributed by atoms with E-state index in [0.29, 0.717) is 25.2 Å². The molecule has 3 aromatic rings. The highest BCUT2D eigenvalue weighted by molar-refractivity contribution is 6.34. The molecule has 6 rings (SSSR count). The Morgan fingerprint density at radius 3 is 2.76 bits per heavy atom. The van der Waals surface area contributed by atoms with Crippen LogP contribution < -0.4 is 4.90 Å². The van der Waals surface area contributed by atoms with E-state index in [1.54, 1.807) is 7.11 Å². The number of hydrogen-bond donors (Lipinski definition) is 1. The average Bonchev–Trinajstić information content (AvgIpc) is 3.14. The van der Waals surface area contributed by atoms with Gasteiger partial charge in [-0.1, -0.05) is 11.6 Å². The van der Waals surface area contributed by atoms with E-state index >= 15 is 0 Å². The van der Waals surface area contributed by atoms with Crippen LogP contribution in [0, 0.1) is 5.92 Å². The van der Waals surface area contributed by atoms with E-state index in [9.17, 15) is 5.11 Å². The van der Waals surface area contributed by atoms with Gasteiger partial charge in [0.2, 0.25) is 0 Å². The molecule has 34 heavy (non-hydrogen) atoms. The van der Waals surface area contributed by atoms with Crippen molar-refractivity contribution >= 4 is 28.2 Å². The van der Waals surface area contributed by atoms with Crippen LogP contribution in [0.1, 0.15) is 19.4 Å². The summed E-state index contributed by atoms with van der Waals surface area (Å²) in [5.41, 5.74) is 2.65. The molecule has 3 aliphatic rings. The van der Waals surface area contributed by atoms with Crippen molar-refractivity contribution in [3.8, 4) is 5.69 Å². The monoisotopic (exact) mass is 486 g/mol. The van der Waals surface area contributed by atoms with Gasteiger partial charge < -0.3 is 19.5 Å². The van der Waals surface area contributed by atoms with Crippen molar-refractivity contribution in [3.63, 3.8) is 0 Å². The first kappa shape index (κ1) is 22.3. The normalized spacial score (nSPS) is 29.9. The van der Waals surface area contributed by atoms with Crippen molar-refractivity contribution < 1.29 is 14.6 Å². The van der Waals surface area contributed by atoms with Gasteiger partial charge in [0.15, 0.2) is 0 Å². The Labute approximate surface area is 203 Å². The first-order valence-corrected chi connectivity index (χ1v) is 12.3.